The van der Waals surface area contributed by atoms with Gasteiger partial charge in [-0.3, -0.25) is 4.79 Å². The van der Waals surface area contributed by atoms with Crippen molar-refractivity contribution in [1.82, 2.24) is 0 Å². The predicted molar refractivity (Wildman–Crippen MR) is 89.8 cm³/mol. The number of hydrogen-bond acceptors (Lipinski definition) is 4. The second kappa shape index (κ2) is 8.13. The average Bonchev–Trinajstić information content (AvgIpc) is 2.55. The Morgan fingerprint density at radius 3 is 2.50 bits per heavy atom. The van der Waals surface area contributed by atoms with Crippen LogP contribution in [0.1, 0.15) is 18.4 Å². The molecule has 0 bridgehead atoms. The van der Waals surface area contributed by atoms with Crippen molar-refractivity contribution in [3.05, 3.63) is 54.1 Å². The molecule has 0 heterocycles. The maximum Gasteiger partial charge on any atom is 0.322 e. The fourth-order valence-corrected chi connectivity index (χ4v) is 2.50. The maximum atomic E-state index is 11.5. The first kappa shape index (κ1) is 18.4. The van der Waals surface area contributed by atoms with Crippen LogP contribution in [0.4, 0.5) is 0 Å². The van der Waals surface area contributed by atoms with E-state index in [0.29, 0.717) is 12.8 Å². The van der Waals surface area contributed by atoms with Gasteiger partial charge in [0.25, 0.3) is 0 Å². The van der Waals surface area contributed by atoms with Crippen LogP contribution in [-0.2, 0) is 14.3 Å². The minimum Gasteiger partial charge on any atom is -0.468 e. The van der Waals surface area contributed by atoms with E-state index in [1.54, 1.807) is 7.11 Å². The van der Waals surface area contributed by atoms with Gasteiger partial charge in [0.1, 0.15) is 6.04 Å². The van der Waals surface area contributed by atoms with Crippen molar-refractivity contribution in [2.45, 2.75) is 24.5 Å². The first-order valence-corrected chi connectivity index (χ1v) is 6.93. The summed E-state index contributed by atoms with van der Waals surface area (Å²) < 4.78 is 10.3. The zero-order chi connectivity index (χ0) is 15.3. The van der Waals surface area contributed by atoms with Gasteiger partial charge in [-0.25, -0.2) is 0 Å². The summed E-state index contributed by atoms with van der Waals surface area (Å²) >= 11 is 0. The van der Waals surface area contributed by atoms with E-state index in [0.717, 1.165) is 11.1 Å². The van der Waals surface area contributed by atoms with Gasteiger partial charge < -0.3 is 15.2 Å². The van der Waals surface area contributed by atoms with Gasteiger partial charge in [0.05, 0.1) is 12.7 Å². The molecule has 1 aliphatic rings. The number of ether oxygens (including phenoxy) is 2. The Kier molecular flexibility index (Phi) is 6.81. The summed E-state index contributed by atoms with van der Waals surface area (Å²) in [6, 6.07) is 9.45. The summed E-state index contributed by atoms with van der Waals surface area (Å²) in [7, 11) is 2.97. The van der Waals surface area contributed by atoms with E-state index >= 15 is 0 Å². The minimum absolute atomic E-state index is 0. The van der Waals surface area contributed by atoms with Crippen LogP contribution in [0.2, 0.25) is 0 Å². The quantitative estimate of drug-likeness (QED) is 0.846. The van der Waals surface area contributed by atoms with Gasteiger partial charge in [-0.15, -0.1) is 12.4 Å². The largest absolute Gasteiger partial charge is 0.468 e. The molecule has 0 aliphatic heterocycles. The Morgan fingerprint density at radius 1 is 1.32 bits per heavy atom. The molecule has 1 aromatic rings. The second-order valence-corrected chi connectivity index (χ2v) is 5.17. The van der Waals surface area contributed by atoms with Crippen molar-refractivity contribution in [3.8, 4) is 0 Å². The van der Waals surface area contributed by atoms with Gasteiger partial charge in [0, 0.05) is 13.5 Å². The van der Waals surface area contributed by atoms with Gasteiger partial charge in [-0.2, -0.15) is 0 Å². The number of rotatable bonds is 5. The lowest BCUT2D eigenvalue weighted by Crippen LogP contribution is -2.42. The standard InChI is InChI=1S/C17H21NO3.ClH/c1-20-16(19)15(18)12-17(21-2)10-8-14(9-11-17)13-6-4-3-5-7-13;/h3-10,15H,11-12,18H2,1-2H3;1H/t15-,17?;/m0./s1. The summed E-state index contributed by atoms with van der Waals surface area (Å²) in [6.07, 6.45) is 7.19. The Balaban J connectivity index is 0.00000242. The summed E-state index contributed by atoms with van der Waals surface area (Å²) in [4.78, 5) is 11.5. The zero-order valence-corrected chi connectivity index (χ0v) is 13.6. The molecule has 0 amide bonds. The van der Waals surface area contributed by atoms with E-state index < -0.39 is 17.6 Å². The van der Waals surface area contributed by atoms with Crippen LogP contribution in [0.5, 0.6) is 0 Å². The van der Waals surface area contributed by atoms with Crippen molar-refractivity contribution in [1.29, 1.82) is 0 Å². The molecule has 0 saturated carbocycles. The lowest BCUT2D eigenvalue weighted by Gasteiger charge is -2.32. The van der Waals surface area contributed by atoms with E-state index in [4.69, 9.17) is 10.5 Å². The number of halogens is 1. The summed E-state index contributed by atoms with van der Waals surface area (Å²) in [5.74, 6) is -0.419. The molecular weight excluding hydrogens is 302 g/mol. The normalized spacial score (nSPS) is 21.5. The number of carbonyl (C=O) groups excluding carboxylic acids is 1. The fraction of sp³-hybridized carbons (Fsp3) is 0.353. The molecule has 0 radical (unpaired) electrons. The fourth-order valence-electron chi connectivity index (χ4n) is 2.50. The number of benzene rings is 1. The van der Waals surface area contributed by atoms with Gasteiger partial charge in [-0.1, -0.05) is 48.6 Å². The van der Waals surface area contributed by atoms with Crippen LogP contribution in [0, 0.1) is 0 Å². The van der Waals surface area contributed by atoms with Crippen LogP contribution >= 0.6 is 12.4 Å². The highest BCUT2D eigenvalue weighted by Crippen LogP contribution is 2.32. The highest BCUT2D eigenvalue weighted by Gasteiger charge is 2.33. The average molecular weight is 324 g/mol. The van der Waals surface area contributed by atoms with Crippen molar-refractivity contribution < 1.29 is 14.3 Å². The number of esters is 1. The Labute approximate surface area is 137 Å². The molecular formula is C17H22ClNO3. The molecule has 2 atom stereocenters. The van der Waals surface area contributed by atoms with Crippen molar-refractivity contribution in [2.24, 2.45) is 5.73 Å². The molecule has 0 fully saturated rings. The molecule has 0 aromatic heterocycles. The molecule has 120 valence electrons. The Morgan fingerprint density at radius 2 is 2.00 bits per heavy atom. The molecule has 5 heteroatoms. The second-order valence-electron chi connectivity index (χ2n) is 5.17. The van der Waals surface area contributed by atoms with E-state index in [9.17, 15) is 4.79 Å². The Hall–Kier alpha value is -1.62. The maximum absolute atomic E-state index is 11.5. The zero-order valence-electron chi connectivity index (χ0n) is 12.8. The van der Waals surface area contributed by atoms with Crippen LogP contribution in [-0.4, -0.2) is 31.8 Å². The van der Waals surface area contributed by atoms with E-state index in [2.05, 4.69) is 22.9 Å². The van der Waals surface area contributed by atoms with Crippen molar-refractivity contribution in [2.75, 3.05) is 14.2 Å². The van der Waals surface area contributed by atoms with E-state index in [-0.39, 0.29) is 12.4 Å². The Bertz CT molecular complexity index is 556. The molecule has 1 unspecified atom stereocenters. The third kappa shape index (κ3) is 4.19. The topological polar surface area (TPSA) is 61.5 Å². The number of carbonyl (C=O) groups is 1. The highest BCUT2D eigenvalue weighted by molar-refractivity contribution is 5.85. The monoisotopic (exact) mass is 323 g/mol. The molecule has 1 aromatic carbocycles. The predicted octanol–water partition coefficient (Wildman–Crippen LogP) is 2.73. The van der Waals surface area contributed by atoms with Crippen LogP contribution in [0.25, 0.3) is 5.57 Å². The van der Waals surface area contributed by atoms with Crippen LogP contribution in [0.15, 0.2) is 48.6 Å². The lowest BCUT2D eigenvalue weighted by molar-refractivity contribution is -0.143. The lowest BCUT2D eigenvalue weighted by atomic mass is 9.85. The van der Waals surface area contributed by atoms with Gasteiger partial charge in [0.15, 0.2) is 0 Å². The number of methoxy groups -OCH3 is 2. The number of hydrogen-bond donors (Lipinski definition) is 1. The SMILES string of the molecule is COC(=O)[C@@H](N)CC1(OC)C=CC(c2ccccc2)=CC1.Cl. The van der Waals surface area contributed by atoms with E-state index in [1.807, 2.05) is 30.4 Å². The molecule has 2 N–H and O–H groups in total. The van der Waals surface area contributed by atoms with Crippen molar-refractivity contribution >= 4 is 23.9 Å². The first-order valence-electron chi connectivity index (χ1n) is 6.93. The van der Waals surface area contributed by atoms with Crippen LogP contribution < -0.4 is 5.73 Å². The van der Waals surface area contributed by atoms with Gasteiger partial charge in [-0.05, 0) is 17.6 Å². The third-order valence-electron chi connectivity index (χ3n) is 3.82. The van der Waals surface area contributed by atoms with Crippen LogP contribution in [0.3, 0.4) is 0 Å². The van der Waals surface area contributed by atoms with Crippen molar-refractivity contribution in [3.63, 3.8) is 0 Å². The molecule has 22 heavy (non-hydrogen) atoms. The van der Waals surface area contributed by atoms with Gasteiger partial charge >= 0.3 is 5.97 Å². The molecule has 1 aliphatic carbocycles. The first-order chi connectivity index (χ1) is 10.1. The molecule has 0 saturated heterocycles. The summed E-state index contributed by atoms with van der Waals surface area (Å²) in [5.41, 5.74) is 7.62. The van der Waals surface area contributed by atoms with E-state index in [1.165, 1.54) is 7.11 Å². The highest BCUT2D eigenvalue weighted by atomic mass is 35.5. The third-order valence-corrected chi connectivity index (χ3v) is 3.82. The summed E-state index contributed by atoms with van der Waals surface area (Å²) in [5, 5.41) is 0. The number of allylic oxidation sites excluding steroid dienone is 2. The number of nitrogens with two attached hydrogens (primary N) is 1. The minimum atomic E-state index is -0.689. The van der Waals surface area contributed by atoms with Gasteiger partial charge in [0.2, 0.25) is 0 Å². The molecule has 4 nitrogen and oxygen atoms in total. The molecule has 2 rings (SSSR count). The smallest absolute Gasteiger partial charge is 0.322 e. The summed E-state index contributed by atoms with van der Waals surface area (Å²) in [6.45, 7) is 0. The molecule has 0 spiro atoms.